The summed E-state index contributed by atoms with van der Waals surface area (Å²) in [5.41, 5.74) is 4.30. The largest absolute Gasteiger partial charge is 0.294 e. The van der Waals surface area contributed by atoms with Crippen molar-refractivity contribution in [1.82, 2.24) is 5.43 Å². The van der Waals surface area contributed by atoms with Gasteiger partial charge in [0.25, 0.3) is 0 Å². The van der Waals surface area contributed by atoms with Crippen molar-refractivity contribution < 1.29 is 4.79 Å². The number of carbonyl (C=O) groups is 1. The quantitative estimate of drug-likeness (QED) is 0.483. The molecule has 3 nitrogen and oxygen atoms in total. The Kier molecular flexibility index (Phi) is 3.34. The van der Waals surface area contributed by atoms with Gasteiger partial charge in [0.15, 0.2) is 0 Å². The lowest BCUT2D eigenvalue weighted by molar-refractivity contribution is -0.120. The van der Waals surface area contributed by atoms with Crippen molar-refractivity contribution in [3.05, 3.63) is 47.3 Å². The highest BCUT2D eigenvalue weighted by Crippen LogP contribution is 2.29. The van der Waals surface area contributed by atoms with E-state index in [1.54, 1.807) is 11.3 Å². The molecule has 0 atom stereocenters. The maximum atomic E-state index is 11.2. The molecule has 2 aromatic rings. The summed E-state index contributed by atoms with van der Waals surface area (Å²) in [4.78, 5) is 12.4. The first kappa shape index (κ1) is 10.9. The Balaban J connectivity index is 2.29. The van der Waals surface area contributed by atoms with E-state index in [0.29, 0.717) is 6.42 Å². The number of rotatable bonds is 3. The van der Waals surface area contributed by atoms with Gasteiger partial charge in [0.2, 0.25) is 5.91 Å². The normalized spacial score (nSPS) is 10.1. The number of nitrogens with two attached hydrogens (primary N) is 1. The number of hydrogen-bond donors (Lipinski definition) is 2. The molecule has 0 saturated carbocycles. The predicted molar refractivity (Wildman–Crippen MR) is 65.8 cm³/mol. The Bertz CT molecular complexity index is 479. The summed E-state index contributed by atoms with van der Waals surface area (Å²) in [5.74, 6) is 4.91. The van der Waals surface area contributed by atoms with Crippen molar-refractivity contribution in [3.8, 4) is 10.4 Å². The number of amides is 1. The molecule has 0 spiro atoms. The van der Waals surface area contributed by atoms with Crippen LogP contribution in [0.4, 0.5) is 0 Å². The fourth-order valence-electron chi connectivity index (χ4n) is 1.54. The van der Waals surface area contributed by atoms with Crippen LogP contribution in [0.15, 0.2) is 41.8 Å². The molecule has 1 aromatic heterocycles. The van der Waals surface area contributed by atoms with E-state index in [2.05, 4.69) is 5.43 Å². The highest BCUT2D eigenvalue weighted by Gasteiger charge is 2.09. The third kappa shape index (κ3) is 2.29. The van der Waals surface area contributed by atoms with Gasteiger partial charge in [0, 0.05) is 4.88 Å². The maximum Gasteiger partial charge on any atom is 0.238 e. The molecule has 82 valence electrons. The first-order valence-corrected chi connectivity index (χ1v) is 5.80. The van der Waals surface area contributed by atoms with Gasteiger partial charge in [0.05, 0.1) is 6.42 Å². The van der Waals surface area contributed by atoms with Crippen LogP contribution in [0.25, 0.3) is 10.4 Å². The van der Waals surface area contributed by atoms with Gasteiger partial charge in [-0.3, -0.25) is 10.2 Å². The molecule has 0 radical (unpaired) electrons. The second-order valence-corrected chi connectivity index (χ2v) is 4.30. The summed E-state index contributed by atoms with van der Waals surface area (Å²) in [7, 11) is 0. The van der Waals surface area contributed by atoms with Gasteiger partial charge in [-0.15, -0.1) is 11.3 Å². The molecule has 0 bridgehead atoms. The molecule has 1 amide bonds. The lowest BCUT2D eigenvalue weighted by Crippen LogP contribution is -2.31. The van der Waals surface area contributed by atoms with Crippen LogP contribution in [0, 0.1) is 0 Å². The van der Waals surface area contributed by atoms with Crippen LogP contribution in [-0.4, -0.2) is 5.91 Å². The second-order valence-electron chi connectivity index (χ2n) is 3.39. The fraction of sp³-hybridized carbons (Fsp3) is 0.0833. The van der Waals surface area contributed by atoms with E-state index in [1.807, 2.05) is 41.8 Å². The third-order valence-corrected chi connectivity index (χ3v) is 3.30. The average molecular weight is 232 g/mol. The van der Waals surface area contributed by atoms with Crippen molar-refractivity contribution in [2.24, 2.45) is 5.84 Å². The van der Waals surface area contributed by atoms with E-state index in [4.69, 9.17) is 5.84 Å². The maximum absolute atomic E-state index is 11.2. The van der Waals surface area contributed by atoms with Crippen LogP contribution < -0.4 is 11.3 Å². The Morgan fingerprint density at radius 2 is 2.00 bits per heavy atom. The summed E-state index contributed by atoms with van der Waals surface area (Å²) in [6, 6.07) is 12.0. The molecule has 0 saturated heterocycles. The minimum atomic E-state index is -0.171. The van der Waals surface area contributed by atoms with E-state index in [1.165, 1.54) is 0 Å². The van der Waals surface area contributed by atoms with E-state index in [9.17, 15) is 4.79 Å². The molecule has 3 N–H and O–H groups in total. The molecule has 0 aliphatic carbocycles. The van der Waals surface area contributed by atoms with Gasteiger partial charge in [-0.05, 0) is 22.6 Å². The minimum absolute atomic E-state index is 0.171. The van der Waals surface area contributed by atoms with Crippen molar-refractivity contribution in [2.75, 3.05) is 0 Å². The molecule has 0 aliphatic heterocycles. The van der Waals surface area contributed by atoms with Crippen molar-refractivity contribution in [1.29, 1.82) is 0 Å². The Morgan fingerprint density at radius 3 is 2.69 bits per heavy atom. The number of hydrazine groups is 1. The molecule has 16 heavy (non-hydrogen) atoms. The molecule has 4 heteroatoms. The zero-order chi connectivity index (χ0) is 11.4. The monoisotopic (exact) mass is 232 g/mol. The second kappa shape index (κ2) is 4.92. The SMILES string of the molecule is NNC(=O)Cc1ccsc1-c1ccccc1. The summed E-state index contributed by atoms with van der Waals surface area (Å²) in [6.07, 6.45) is 0.324. The summed E-state index contributed by atoms with van der Waals surface area (Å²) >= 11 is 1.63. The minimum Gasteiger partial charge on any atom is -0.294 e. The molecule has 1 aromatic carbocycles. The number of nitrogens with one attached hydrogen (secondary N) is 1. The molecule has 0 fully saturated rings. The smallest absolute Gasteiger partial charge is 0.238 e. The van der Waals surface area contributed by atoms with Gasteiger partial charge in [-0.1, -0.05) is 30.3 Å². The first-order chi connectivity index (χ1) is 7.81. The molecule has 0 aliphatic rings. The van der Waals surface area contributed by atoms with Crippen LogP contribution in [-0.2, 0) is 11.2 Å². The number of benzene rings is 1. The van der Waals surface area contributed by atoms with Crippen molar-refractivity contribution in [2.45, 2.75) is 6.42 Å². The van der Waals surface area contributed by atoms with Gasteiger partial charge in [0.1, 0.15) is 0 Å². The summed E-state index contributed by atoms with van der Waals surface area (Å²) in [6.45, 7) is 0. The van der Waals surface area contributed by atoms with Crippen LogP contribution in [0.2, 0.25) is 0 Å². The van der Waals surface area contributed by atoms with E-state index in [0.717, 1.165) is 16.0 Å². The summed E-state index contributed by atoms with van der Waals surface area (Å²) < 4.78 is 0. The van der Waals surface area contributed by atoms with E-state index < -0.39 is 0 Å². The third-order valence-electron chi connectivity index (χ3n) is 2.29. The van der Waals surface area contributed by atoms with Gasteiger partial charge in [-0.2, -0.15) is 0 Å². The lowest BCUT2D eigenvalue weighted by Gasteiger charge is -2.03. The molecule has 0 unspecified atom stereocenters. The van der Waals surface area contributed by atoms with Crippen molar-refractivity contribution >= 4 is 17.2 Å². The summed E-state index contributed by atoms with van der Waals surface area (Å²) in [5, 5.41) is 1.99. The fourth-order valence-corrected chi connectivity index (χ4v) is 2.47. The average Bonchev–Trinajstić information content (AvgIpc) is 2.78. The van der Waals surface area contributed by atoms with Crippen LogP contribution in [0.5, 0.6) is 0 Å². The Morgan fingerprint density at radius 1 is 1.25 bits per heavy atom. The van der Waals surface area contributed by atoms with Crippen molar-refractivity contribution in [3.63, 3.8) is 0 Å². The highest BCUT2D eigenvalue weighted by atomic mass is 32.1. The van der Waals surface area contributed by atoms with Gasteiger partial charge >= 0.3 is 0 Å². The van der Waals surface area contributed by atoms with E-state index >= 15 is 0 Å². The number of hydrogen-bond acceptors (Lipinski definition) is 3. The zero-order valence-electron chi connectivity index (χ0n) is 8.64. The number of carbonyl (C=O) groups excluding carboxylic acids is 1. The van der Waals surface area contributed by atoms with Crippen LogP contribution >= 0.6 is 11.3 Å². The van der Waals surface area contributed by atoms with Gasteiger partial charge < -0.3 is 0 Å². The van der Waals surface area contributed by atoms with Crippen LogP contribution in [0.1, 0.15) is 5.56 Å². The topological polar surface area (TPSA) is 55.1 Å². The predicted octanol–water partition coefficient (Wildman–Crippen LogP) is 1.95. The zero-order valence-corrected chi connectivity index (χ0v) is 9.46. The molecule has 1 heterocycles. The highest BCUT2D eigenvalue weighted by molar-refractivity contribution is 7.13. The number of thiophene rings is 1. The molecular weight excluding hydrogens is 220 g/mol. The Hall–Kier alpha value is -1.65. The lowest BCUT2D eigenvalue weighted by atomic mass is 10.1. The Labute approximate surface area is 97.9 Å². The standard InChI is InChI=1S/C12H12N2OS/c13-14-11(15)8-10-6-7-16-12(10)9-4-2-1-3-5-9/h1-7H,8,13H2,(H,14,15). The van der Waals surface area contributed by atoms with Crippen LogP contribution in [0.3, 0.4) is 0 Å². The first-order valence-electron chi connectivity index (χ1n) is 4.92. The molecular formula is C12H12N2OS. The molecule has 2 rings (SSSR count). The van der Waals surface area contributed by atoms with E-state index in [-0.39, 0.29) is 5.91 Å². The van der Waals surface area contributed by atoms with Gasteiger partial charge in [-0.25, -0.2) is 5.84 Å².